The largest absolute Gasteiger partial charge is 0.494 e. The van der Waals surface area contributed by atoms with Crippen molar-refractivity contribution in [1.29, 1.82) is 0 Å². The number of piperidine rings is 1. The second-order valence-corrected chi connectivity index (χ2v) is 7.56. The van der Waals surface area contributed by atoms with Crippen molar-refractivity contribution in [3.63, 3.8) is 0 Å². The summed E-state index contributed by atoms with van der Waals surface area (Å²) < 4.78 is 32.0. The van der Waals surface area contributed by atoms with Gasteiger partial charge in [-0.3, -0.25) is 5.01 Å². The fourth-order valence-corrected chi connectivity index (χ4v) is 4.18. The smallest absolute Gasteiger partial charge is 0.243 e. The lowest BCUT2D eigenvalue weighted by Crippen LogP contribution is -2.30. The quantitative estimate of drug-likeness (QED) is 0.705. The molecule has 8 heteroatoms. The lowest BCUT2D eigenvalue weighted by atomic mass is 10.2. The molecule has 1 aliphatic heterocycles. The highest BCUT2D eigenvalue weighted by Gasteiger charge is 2.23. The van der Waals surface area contributed by atoms with Gasteiger partial charge >= 0.3 is 0 Å². The normalized spacial score (nSPS) is 16.1. The van der Waals surface area contributed by atoms with Crippen LogP contribution in [-0.2, 0) is 10.0 Å². The van der Waals surface area contributed by atoms with Crippen LogP contribution in [0.1, 0.15) is 33.1 Å². The zero-order chi connectivity index (χ0) is 17.6. The summed E-state index contributed by atoms with van der Waals surface area (Å²) in [5.74, 6) is 0.509. The van der Waals surface area contributed by atoms with Crippen molar-refractivity contribution < 1.29 is 13.2 Å². The van der Waals surface area contributed by atoms with E-state index in [-0.39, 0.29) is 4.90 Å². The SMILES string of the molecule is CCN(CC)S(=O)(=O)c1ccc(OC)c(N=NN2CCCCC2)c1. The molecule has 0 unspecified atom stereocenters. The zero-order valence-electron chi connectivity index (χ0n) is 14.6. The molecule has 7 nitrogen and oxygen atoms in total. The molecule has 1 aliphatic rings. The van der Waals surface area contributed by atoms with E-state index < -0.39 is 10.0 Å². The Morgan fingerprint density at radius 3 is 2.42 bits per heavy atom. The Hall–Kier alpha value is -1.67. The molecule has 0 radical (unpaired) electrons. The number of nitrogens with zero attached hydrogens (tertiary/aromatic N) is 4. The first-order valence-electron chi connectivity index (χ1n) is 8.37. The molecule has 1 aromatic rings. The maximum atomic E-state index is 12.7. The van der Waals surface area contributed by atoms with Gasteiger partial charge in [-0.2, -0.15) is 4.31 Å². The van der Waals surface area contributed by atoms with Crippen molar-refractivity contribution in [2.45, 2.75) is 38.0 Å². The number of methoxy groups -OCH3 is 1. The predicted molar refractivity (Wildman–Crippen MR) is 93.0 cm³/mol. The van der Waals surface area contributed by atoms with Crippen LogP contribution in [0.25, 0.3) is 0 Å². The first-order chi connectivity index (χ1) is 11.5. The molecule has 0 aromatic heterocycles. The number of ether oxygens (including phenoxy) is 1. The van der Waals surface area contributed by atoms with Crippen molar-refractivity contribution in [2.24, 2.45) is 10.3 Å². The highest BCUT2D eigenvalue weighted by Crippen LogP contribution is 2.31. The first kappa shape index (κ1) is 18.7. The van der Waals surface area contributed by atoms with Crippen LogP contribution in [0.4, 0.5) is 5.69 Å². The van der Waals surface area contributed by atoms with Crippen molar-refractivity contribution in [2.75, 3.05) is 33.3 Å². The van der Waals surface area contributed by atoms with E-state index in [2.05, 4.69) is 10.3 Å². The van der Waals surface area contributed by atoms with Crippen molar-refractivity contribution in [1.82, 2.24) is 9.31 Å². The van der Waals surface area contributed by atoms with Crippen LogP contribution in [0.2, 0.25) is 0 Å². The van der Waals surface area contributed by atoms with Crippen LogP contribution >= 0.6 is 0 Å². The number of hydrogen-bond donors (Lipinski definition) is 0. The minimum absolute atomic E-state index is 0.208. The molecule has 2 rings (SSSR count). The summed E-state index contributed by atoms with van der Waals surface area (Å²) in [6.07, 6.45) is 3.42. The Bertz CT molecular complexity index is 666. The number of rotatable bonds is 7. The molecule has 1 heterocycles. The molecule has 0 aliphatic carbocycles. The maximum Gasteiger partial charge on any atom is 0.243 e. The van der Waals surface area contributed by atoms with Crippen molar-refractivity contribution >= 4 is 15.7 Å². The first-order valence-corrected chi connectivity index (χ1v) is 9.81. The topological polar surface area (TPSA) is 74.6 Å². The van der Waals surface area contributed by atoms with E-state index in [9.17, 15) is 8.42 Å². The van der Waals surface area contributed by atoms with E-state index in [4.69, 9.17) is 4.74 Å². The average Bonchev–Trinajstić information content (AvgIpc) is 2.61. The Kier molecular flexibility index (Phi) is 6.56. The average molecular weight is 354 g/mol. The van der Waals surface area contributed by atoms with Crippen LogP contribution in [0.5, 0.6) is 5.75 Å². The highest BCUT2D eigenvalue weighted by atomic mass is 32.2. The molecule has 134 valence electrons. The van der Waals surface area contributed by atoms with E-state index in [0.717, 1.165) is 25.9 Å². The Morgan fingerprint density at radius 2 is 1.83 bits per heavy atom. The molecule has 0 atom stereocenters. The van der Waals surface area contributed by atoms with Gasteiger partial charge in [0.05, 0.1) is 12.0 Å². The number of hydrogen-bond acceptors (Lipinski definition) is 5. The maximum absolute atomic E-state index is 12.7. The molecule has 0 bridgehead atoms. The Labute approximate surface area is 144 Å². The third-order valence-electron chi connectivity index (χ3n) is 4.10. The van der Waals surface area contributed by atoms with Gasteiger partial charge in [-0.1, -0.05) is 19.1 Å². The molecule has 1 fully saturated rings. The summed E-state index contributed by atoms with van der Waals surface area (Å²) in [5.41, 5.74) is 0.427. The minimum atomic E-state index is -3.53. The molecule has 0 amide bonds. The fraction of sp³-hybridized carbons (Fsp3) is 0.625. The van der Waals surface area contributed by atoms with Gasteiger partial charge < -0.3 is 4.74 Å². The summed E-state index contributed by atoms with van der Waals surface area (Å²) >= 11 is 0. The van der Waals surface area contributed by atoms with E-state index in [1.807, 2.05) is 18.9 Å². The molecule has 1 aromatic carbocycles. The van der Waals surface area contributed by atoms with Gasteiger partial charge in [0.1, 0.15) is 11.4 Å². The van der Waals surface area contributed by atoms with E-state index in [1.54, 1.807) is 12.1 Å². The Morgan fingerprint density at radius 1 is 1.17 bits per heavy atom. The lowest BCUT2D eigenvalue weighted by molar-refractivity contribution is 0.224. The number of benzene rings is 1. The minimum Gasteiger partial charge on any atom is -0.494 e. The van der Waals surface area contributed by atoms with E-state index in [0.29, 0.717) is 24.5 Å². The summed E-state index contributed by atoms with van der Waals surface area (Å²) in [4.78, 5) is 0.208. The van der Waals surface area contributed by atoms with Gasteiger partial charge in [0.25, 0.3) is 0 Å². The van der Waals surface area contributed by atoms with Gasteiger partial charge in [-0.25, -0.2) is 8.42 Å². The molecule has 1 saturated heterocycles. The van der Waals surface area contributed by atoms with E-state index >= 15 is 0 Å². The second kappa shape index (κ2) is 8.43. The lowest BCUT2D eigenvalue weighted by Gasteiger charge is -2.22. The van der Waals surface area contributed by atoms with Gasteiger partial charge in [-0.15, -0.1) is 5.11 Å². The fourth-order valence-electron chi connectivity index (χ4n) is 2.70. The summed E-state index contributed by atoms with van der Waals surface area (Å²) in [6, 6.07) is 4.70. The molecule has 0 spiro atoms. The third kappa shape index (κ3) is 4.24. The van der Waals surface area contributed by atoms with Crippen LogP contribution in [0.15, 0.2) is 33.4 Å². The molecule has 0 N–H and O–H groups in total. The van der Waals surface area contributed by atoms with E-state index in [1.165, 1.54) is 23.9 Å². The van der Waals surface area contributed by atoms with Crippen molar-refractivity contribution in [3.05, 3.63) is 18.2 Å². The summed E-state index contributed by atoms with van der Waals surface area (Å²) in [6.45, 7) is 6.25. The summed E-state index contributed by atoms with van der Waals surface area (Å²) in [7, 11) is -1.99. The number of sulfonamides is 1. The van der Waals surface area contributed by atoms with Gasteiger partial charge in [0.2, 0.25) is 10.0 Å². The molecule has 24 heavy (non-hydrogen) atoms. The molecule has 0 saturated carbocycles. The van der Waals surface area contributed by atoms with Gasteiger partial charge in [0, 0.05) is 26.2 Å². The van der Waals surface area contributed by atoms with Crippen LogP contribution in [-0.4, -0.2) is 51.0 Å². The van der Waals surface area contributed by atoms with Crippen LogP contribution in [0.3, 0.4) is 0 Å². The van der Waals surface area contributed by atoms with Gasteiger partial charge in [-0.05, 0) is 37.5 Å². The van der Waals surface area contributed by atoms with Crippen molar-refractivity contribution in [3.8, 4) is 5.75 Å². The second-order valence-electron chi connectivity index (χ2n) is 5.63. The highest BCUT2D eigenvalue weighted by molar-refractivity contribution is 7.89. The standard InChI is InChI=1S/C16H26N4O3S/c1-4-20(5-2)24(21,22)14-9-10-16(23-3)15(13-14)17-18-19-11-7-6-8-12-19/h9-10,13H,4-8,11-12H2,1-3H3. The predicted octanol–water partition coefficient (Wildman–Crippen LogP) is 3.21. The third-order valence-corrected chi connectivity index (χ3v) is 6.15. The molecular formula is C16H26N4O3S. The monoisotopic (exact) mass is 354 g/mol. The Balaban J connectivity index is 2.31. The van der Waals surface area contributed by atoms with Crippen LogP contribution < -0.4 is 4.74 Å². The van der Waals surface area contributed by atoms with Crippen LogP contribution in [0, 0.1) is 0 Å². The van der Waals surface area contributed by atoms with Gasteiger partial charge in [0.15, 0.2) is 0 Å². The zero-order valence-corrected chi connectivity index (χ0v) is 15.4. The summed E-state index contributed by atoms with van der Waals surface area (Å²) in [5, 5.41) is 10.4. The molecular weight excluding hydrogens is 328 g/mol.